The van der Waals surface area contributed by atoms with Crippen LogP contribution in [0, 0.1) is 0 Å². The van der Waals surface area contributed by atoms with Crippen molar-refractivity contribution < 1.29 is 34.8 Å². The summed E-state index contributed by atoms with van der Waals surface area (Å²) in [6, 6.07) is 16.8. The van der Waals surface area contributed by atoms with E-state index in [1.54, 1.807) is 28.2 Å². The molecule has 0 fully saturated rings. The van der Waals surface area contributed by atoms with Gasteiger partial charge >= 0.3 is 11.9 Å². The highest BCUT2D eigenvalue weighted by Gasteiger charge is 2.41. The normalized spacial score (nSPS) is 17.5. The predicted molar refractivity (Wildman–Crippen MR) is 219 cm³/mol. The molecular formula is C46H44N4O9. The Balaban J connectivity index is 1.14. The molecule has 0 radical (unpaired) electrons. The maximum atomic E-state index is 14.2. The van der Waals surface area contributed by atoms with Gasteiger partial charge in [0.2, 0.25) is 0 Å². The minimum absolute atomic E-state index is 0.0572. The standard InChI is InChI=1S/C46H44N4O9/c1-4-25-27-11-7-8-12-34(27)47-41-28(25)20-49-36(41)16-32(30(22-51)43(49)55)46(58,18-38(52)53)15-14-24-10-9-13-35-40(24)26(5-2)29-21-50-37(42(29)48-35)17-33-31(44(50)56)23-59-39(54)19-45(33,57)6-3/h7-13,16-17,51,57-58H,4-6,14-15,18-23H2,1-3H3,(H,52,53). The van der Waals surface area contributed by atoms with E-state index in [0.29, 0.717) is 46.7 Å². The average Bonchev–Trinajstić information content (AvgIpc) is 3.74. The van der Waals surface area contributed by atoms with Crippen molar-refractivity contribution >= 4 is 33.7 Å². The second-order valence-electron chi connectivity index (χ2n) is 16.0. The van der Waals surface area contributed by atoms with E-state index < -0.39 is 41.7 Å². The molecule has 2 unspecified atom stereocenters. The van der Waals surface area contributed by atoms with Crippen molar-refractivity contribution in [1.29, 1.82) is 0 Å². The van der Waals surface area contributed by atoms with Crippen molar-refractivity contribution in [2.24, 2.45) is 0 Å². The molecule has 0 saturated carbocycles. The van der Waals surface area contributed by atoms with E-state index in [-0.39, 0.29) is 67.6 Å². The summed E-state index contributed by atoms with van der Waals surface area (Å²) in [6.45, 7) is 5.33. The van der Waals surface area contributed by atoms with Crippen LogP contribution in [0.2, 0.25) is 0 Å². The molecule has 0 saturated heterocycles. The summed E-state index contributed by atoms with van der Waals surface area (Å²) in [5, 5.41) is 46.8. The van der Waals surface area contributed by atoms with Crippen LogP contribution in [-0.2, 0) is 71.1 Å². The van der Waals surface area contributed by atoms with Crippen LogP contribution in [0.15, 0.2) is 64.2 Å². The molecule has 4 N–H and O–H groups in total. The van der Waals surface area contributed by atoms with Crippen LogP contribution in [0.3, 0.4) is 0 Å². The Hall–Kier alpha value is -6.02. The van der Waals surface area contributed by atoms with Crippen LogP contribution in [0.25, 0.3) is 44.6 Å². The van der Waals surface area contributed by atoms with Crippen LogP contribution < -0.4 is 11.1 Å². The average molecular weight is 797 g/mol. The molecule has 302 valence electrons. The fourth-order valence-electron chi connectivity index (χ4n) is 9.88. The summed E-state index contributed by atoms with van der Waals surface area (Å²) in [4.78, 5) is 63.2. The zero-order chi connectivity index (χ0) is 41.5. The Bertz CT molecular complexity index is 2930. The smallest absolute Gasteiger partial charge is 0.309 e. The second-order valence-corrected chi connectivity index (χ2v) is 16.0. The van der Waals surface area contributed by atoms with Gasteiger partial charge in [-0.15, -0.1) is 0 Å². The highest BCUT2D eigenvalue weighted by atomic mass is 16.5. The van der Waals surface area contributed by atoms with Gasteiger partial charge in [0.25, 0.3) is 11.1 Å². The summed E-state index contributed by atoms with van der Waals surface area (Å²) >= 11 is 0. The van der Waals surface area contributed by atoms with Gasteiger partial charge in [0.15, 0.2) is 0 Å². The number of benzene rings is 2. The molecule has 6 aromatic rings. The van der Waals surface area contributed by atoms with Gasteiger partial charge in [0.1, 0.15) is 17.8 Å². The van der Waals surface area contributed by atoms with E-state index in [9.17, 15) is 39.6 Å². The molecule has 0 bridgehead atoms. The van der Waals surface area contributed by atoms with E-state index in [0.717, 1.165) is 44.1 Å². The lowest BCUT2D eigenvalue weighted by Crippen LogP contribution is -2.35. The van der Waals surface area contributed by atoms with Crippen molar-refractivity contribution in [3.63, 3.8) is 0 Å². The molecule has 13 nitrogen and oxygen atoms in total. The molecule has 59 heavy (non-hydrogen) atoms. The number of aliphatic hydroxyl groups is 3. The van der Waals surface area contributed by atoms with Crippen LogP contribution in [0.1, 0.15) is 96.5 Å². The largest absolute Gasteiger partial charge is 0.481 e. The van der Waals surface area contributed by atoms with Crippen LogP contribution in [0.4, 0.5) is 0 Å². The lowest BCUT2D eigenvalue weighted by Gasteiger charge is -2.30. The van der Waals surface area contributed by atoms with E-state index in [4.69, 9.17) is 14.7 Å². The first-order chi connectivity index (χ1) is 28.3. The fraction of sp³-hybridized carbons (Fsp3) is 0.348. The topological polar surface area (TPSA) is 194 Å². The lowest BCUT2D eigenvalue weighted by molar-refractivity contribution is -0.149. The number of carboxylic acid groups (broad SMARTS) is 1. The summed E-state index contributed by atoms with van der Waals surface area (Å²) in [6.07, 6.45) is 0.562. The van der Waals surface area contributed by atoms with E-state index in [1.165, 1.54) is 0 Å². The van der Waals surface area contributed by atoms with Crippen LogP contribution in [0.5, 0.6) is 0 Å². The number of ether oxygens (including phenoxy) is 1. The number of cyclic esters (lactones) is 1. The molecule has 3 aliphatic heterocycles. The maximum Gasteiger partial charge on any atom is 0.309 e. The molecule has 7 heterocycles. The zero-order valence-electron chi connectivity index (χ0n) is 33.1. The van der Waals surface area contributed by atoms with Gasteiger partial charge in [-0.2, -0.15) is 0 Å². The number of para-hydroxylation sites is 1. The number of hydrogen-bond acceptors (Lipinski definition) is 10. The number of esters is 1. The number of aliphatic carboxylic acids is 1. The molecule has 2 atom stereocenters. The number of nitrogens with zero attached hydrogens (tertiary/aromatic N) is 4. The van der Waals surface area contributed by atoms with Crippen molar-refractivity contribution in [2.45, 2.75) is 103 Å². The number of aryl methyl sites for hydroxylation is 3. The number of hydrogen-bond donors (Lipinski definition) is 4. The number of rotatable bonds is 10. The zero-order valence-corrected chi connectivity index (χ0v) is 33.1. The molecule has 0 amide bonds. The molecule has 4 aromatic heterocycles. The molecule has 9 rings (SSSR count). The first-order valence-electron chi connectivity index (χ1n) is 20.2. The third-order valence-electron chi connectivity index (χ3n) is 12.9. The Kier molecular flexibility index (Phi) is 9.18. The first kappa shape index (κ1) is 38.5. The van der Waals surface area contributed by atoms with E-state index >= 15 is 0 Å². The number of carboxylic acids is 1. The molecule has 0 aliphatic carbocycles. The Morgan fingerprint density at radius 1 is 0.847 bits per heavy atom. The van der Waals surface area contributed by atoms with Gasteiger partial charge in [0.05, 0.1) is 71.9 Å². The molecule has 13 heteroatoms. The van der Waals surface area contributed by atoms with Crippen molar-refractivity contribution in [1.82, 2.24) is 19.1 Å². The fourth-order valence-corrected chi connectivity index (χ4v) is 9.88. The highest BCUT2D eigenvalue weighted by Crippen LogP contribution is 2.43. The molecule has 2 aromatic carbocycles. The van der Waals surface area contributed by atoms with Gasteiger partial charge in [-0.25, -0.2) is 9.97 Å². The number of carbonyl (C=O) groups excluding carboxylic acids is 1. The molecule has 3 aliphatic rings. The monoisotopic (exact) mass is 796 g/mol. The van der Waals surface area contributed by atoms with Gasteiger partial charge < -0.3 is 34.3 Å². The second kappa shape index (κ2) is 14.1. The van der Waals surface area contributed by atoms with Crippen molar-refractivity contribution in [3.8, 4) is 22.8 Å². The van der Waals surface area contributed by atoms with Crippen molar-refractivity contribution in [2.75, 3.05) is 0 Å². The molecular weight excluding hydrogens is 753 g/mol. The first-order valence-corrected chi connectivity index (χ1v) is 20.2. The van der Waals surface area contributed by atoms with Crippen molar-refractivity contribution in [3.05, 3.63) is 125 Å². The van der Waals surface area contributed by atoms with Gasteiger partial charge in [-0.05, 0) is 84.2 Å². The number of aromatic nitrogens is 4. The summed E-state index contributed by atoms with van der Waals surface area (Å²) < 4.78 is 8.50. The number of fused-ring (bicyclic) bond motifs is 9. The predicted octanol–water partition coefficient (Wildman–Crippen LogP) is 5.12. The van der Waals surface area contributed by atoms with Gasteiger partial charge in [-0.1, -0.05) is 51.1 Å². The van der Waals surface area contributed by atoms with Crippen LogP contribution >= 0.6 is 0 Å². The minimum Gasteiger partial charge on any atom is -0.481 e. The highest BCUT2D eigenvalue weighted by molar-refractivity contribution is 5.91. The third kappa shape index (κ3) is 5.85. The van der Waals surface area contributed by atoms with E-state index in [1.807, 2.05) is 56.3 Å². The summed E-state index contributed by atoms with van der Waals surface area (Å²) in [5.41, 5.74) is 4.20. The number of aliphatic hydroxyl groups excluding tert-OH is 1. The minimum atomic E-state index is -2.06. The van der Waals surface area contributed by atoms with Crippen LogP contribution in [-0.4, -0.2) is 51.5 Å². The Morgan fingerprint density at radius 2 is 1.51 bits per heavy atom. The lowest BCUT2D eigenvalue weighted by atomic mass is 9.81. The number of pyridine rings is 4. The Labute approximate surface area is 338 Å². The number of carbonyl (C=O) groups is 2. The Morgan fingerprint density at radius 3 is 2.20 bits per heavy atom. The quantitative estimate of drug-likeness (QED) is 0.134. The molecule has 0 spiro atoms. The van der Waals surface area contributed by atoms with Gasteiger partial charge in [-0.3, -0.25) is 19.2 Å². The third-order valence-corrected chi connectivity index (χ3v) is 12.9. The summed E-state index contributed by atoms with van der Waals surface area (Å²) in [5.74, 6) is -1.85. The summed E-state index contributed by atoms with van der Waals surface area (Å²) in [7, 11) is 0. The SMILES string of the molecule is CCc1c2c(nc3ccccc13)-c1cc(C(O)(CCc3cccc4nc5c(c(CC)c34)Cn3c-5cc4c(c3=O)COC(=O)CC4(O)CC)CC(=O)O)c(CO)c(=O)n1C2. The maximum absolute atomic E-state index is 14.2. The van der Waals surface area contributed by atoms with Gasteiger partial charge in [0, 0.05) is 27.5 Å². The van der Waals surface area contributed by atoms with E-state index in [2.05, 4.69) is 0 Å².